The van der Waals surface area contributed by atoms with E-state index >= 15 is 0 Å². The van der Waals surface area contributed by atoms with Crippen molar-refractivity contribution in [1.29, 1.82) is 0 Å². The molecular weight excluding hydrogens is 274 g/mol. The number of piperidine rings is 1. The van der Waals surface area contributed by atoms with E-state index in [2.05, 4.69) is 34.9 Å². The molecule has 110 valence electrons. The zero-order valence-electron chi connectivity index (χ0n) is 12.0. The molecule has 1 atom stereocenters. The molecule has 0 aromatic carbocycles. The fourth-order valence-corrected chi connectivity index (χ4v) is 2.80. The lowest BCUT2D eigenvalue weighted by Gasteiger charge is -2.42. The third-order valence-corrected chi connectivity index (χ3v) is 4.06. The summed E-state index contributed by atoms with van der Waals surface area (Å²) in [6.45, 7) is 7.44. The van der Waals surface area contributed by atoms with Crippen molar-refractivity contribution >= 4 is 18.2 Å². The van der Waals surface area contributed by atoms with Gasteiger partial charge in [0.2, 0.25) is 5.78 Å². The number of imidazole rings is 1. The summed E-state index contributed by atoms with van der Waals surface area (Å²) in [6, 6.07) is 2.22. The summed E-state index contributed by atoms with van der Waals surface area (Å²) >= 11 is 0. The van der Waals surface area contributed by atoms with Crippen molar-refractivity contribution in [2.24, 2.45) is 11.1 Å². The first kappa shape index (κ1) is 15.2. The van der Waals surface area contributed by atoms with Crippen molar-refractivity contribution in [1.82, 2.24) is 19.3 Å². The van der Waals surface area contributed by atoms with Crippen LogP contribution in [0.2, 0.25) is 0 Å². The van der Waals surface area contributed by atoms with Crippen LogP contribution in [0.3, 0.4) is 0 Å². The van der Waals surface area contributed by atoms with Gasteiger partial charge in [-0.25, -0.2) is 9.97 Å². The molecule has 3 rings (SSSR count). The zero-order valence-corrected chi connectivity index (χ0v) is 12.8. The molecule has 5 nitrogen and oxygen atoms in total. The summed E-state index contributed by atoms with van der Waals surface area (Å²) in [7, 11) is 0. The third kappa shape index (κ3) is 2.95. The highest BCUT2D eigenvalue weighted by Crippen LogP contribution is 2.28. The number of hydrogen-bond donors (Lipinski definition) is 1. The molecule has 0 saturated carbocycles. The van der Waals surface area contributed by atoms with Gasteiger partial charge in [-0.15, -0.1) is 12.4 Å². The largest absolute Gasteiger partial charge is 0.327 e. The van der Waals surface area contributed by atoms with E-state index in [4.69, 9.17) is 5.73 Å². The molecule has 0 radical (unpaired) electrons. The maximum atomic E-state index is 6.17. The van der Waals surface area contributed by atoms with E-state index < -0.39 is 0 Å². The lowest BCUT2D eigenvalue weighted by atomic mass is 9.80. The van der Waals surface area contributed by atoms with E-state index in [-0.39, 0.29) is 17.8 Å². The summed E-state index contributed by atoms with van der Waals surface area (Å²) < 4.78 is 1.97. The second-order valence-corrected chi connectivity index (χ2v) is 6.15. The Bertz CT molecular complexity index is 547. The fourth-order valence-electron chi connectivity index (χ4n) is 2.80. The van der Waals surface area contributed by atoms with Crippen molar-refractivity contribution in [2.75, 3.05) is 13.1 Å². The molecular formula is C14H22ClN5. The number of hydrogen-bond acceptors (Lipinski definition) is 4. The number of aromatic nitrogens is 3. The van der Waals surface area contributed by atoms with E-state index in [0.29, 0.717) is 6.04 Å². The lowest BCUT2D eigenvalue weighted by molar-refractivity contribution is 0.0890. The van der Waals surface area contributed by atoms with Crippen molar-refractivity contribution in [3.63, 3.8) is 0 Å². The van der Waals surface area contributed by atoms with Crippen LogP contribution in [-0.4, -0.2) is 38.4 Å². The van der Waals surface area contributed by atoms with Gasteiger partial charge in [0, 0.05) is 44.3 Å². The van der Waals surface area contributed by atoms with Gasteiger partial charge in [0.1, 0.15) is 0 Å². The minimum absolute atomic E-state index is 0. The molecule has 1 saturated heterocycles. The van der Waals surface area contributed by atoms with Crippen LogP contribution in [0.15, 0.2) is 24.7 Å². The second kappa shape index (κ2) is 5.68. The average Bonchev–Trinajstić information content (AvgIpc) is 2.75. The summed E-state index contributed by atoms with van der Waals surface area (Å²) in [4.78, 5) is 11.2. The van der Waals surface area contributed by atoms with Crippen LogP contribution in [0.25, 0.3) is 5.78 Å². The van der Waals surface area contributed by atoms with Gasteiger partial charge in [-0.3, -0.25) is 9.30 Å². The number of halogens is 1. The highest BCUT2D eigenvalue weighted by Gasteiger charge is 2.33. The molecule has 0 aliphatic carbocycles. The lowest BCUT2D eigenvalue weighted by Crippen LogP contribution is -2.52. The smallest absolute Gasteiger partial charge is 0.233 e. The van der Waals surface area contributed by atoms with E-state index in [1.807, 2.05) is 16.7 Å². The van der Waals surface area contributed by atoms with E-state index in [1.54, 1.807) is 6.20 Å². The summed E-state index contributed by atoms with van der Waals surface area (Å²) in [5, 5.41) is 0. The molecule has 1 aliphatic heterocycles. The maximum Gasteiger partial charge on any atom is 0.233 e. The van der Waals surface area contributed by atoms with Gasteiger partial charge in [0.25, 0.3) is 0 Å². The minimum atomic E-state index is 0. The summed E-state index contributed by atoms with van der Waals surface area (Å²) in [6.07, 6.45) is 6.87. The molecule has 3 heterocycles. The molecule has 0 bridgehead atoms. The van der Waals surface area contributed by atoms with Crippen LogP contribution in [0.1, 0.15) is 26.0 Å². The molecule has 1 fully saturated rings. The molecule has 20 heavy (non-hydrogen) atoms. The molecule has 0 spiro atoms. The van der Waals surface area contributed by atoms with Crippen LogP contribution in [0.5, 0.6) is 0 Å². The van der Waals surface area contributed by atoms with Gasteiger partial charge in [-0.2, -0.15) is 0 Å². The standard InChI is InChI=1S/C14H21N5.ClH/c1-14(2)10-18(7-4-12(14)15)8-11-9-19-6-3-5-16-13(19)17-11;/h3,5-6,9,12H,4,7-8,10,15H2,1-2H3;1H. The Labute approximate surface area is 125 Å². The summed E-state index contributed by atoms with van der Waals surface area (Å²) in [5.74, 6) is 0.769. The topological polar surface area (TPSA) is 59.5 Å². The van der Waals surface area contributed by atoms with Gasteiger partial charge >= 0.3 is 0 Å². The van der Waals surface area contributed by atoms with Gasteiger partial charge in [0.15, 0.2) is 0 Å². The molecule has 2 aromatic rings. The average molecular weight is 296 g/mol. The van der Waals surface area contributed by atoms with Gasteiger partial charge < -0.3 is 5.73 Å². The Hall–Kier alpha value is -1.17. The maximum absolute atomic E-state index is 6.17. The Morgan fingerprint density at radius 3 is 2.95 bits per heavy atom. The first-order chi connectivity index (χ1) is 9.04. The van der Waals surface area contributed by atoms with Gasteiger partial charge in [0.05, 0.1) is 5.69 Å². The van der Waals surface area contributed by atoms with Crippen molar-refractivity contribution < 1.29 is 0 Å². The molecule has 2 N–H and O–H groups in total. The SMILES string of the molecule is CC1(C)CN(Cc2cn3cccnc3n2)CCC1N.Cl. The van der Waals surface area contributed by atoms with Crippen molar-refractivity contribution in [3.8, 4) is 0 Å². The minimum Gasteiger partial charge on any atom is -0.327 e. The highest BCUT2D eigenvalue weighted by molar-refractivity contribution is 5.85. The Kier molecular flexibility index (Phi) is 4.32. The van der Waals surface area contributed by atoms with Crippen molar-refractivity contribution in [3.05, 3.63) is 30.4 Å². The number of fused-ring (bicyclic) bond motifs is 1. The van der Waals surface area contributed by atoms with Crippen LogP contribution >= 0.6 is 12.4 Å². The third-order valence-electron chi connectivity index (χ3n) is 4.06. The van der Waals surface area contributed by atoms with Crippen molar-refractivity contribution in [2.45, 2.75) is 32.9 Å². The number of likely N-dealkylation sites (tertiary alicyclic amines) is 1. The number of rotatable bonds is 2. The predicted molar refractivity (Wildman–Crippen MR) is 81.9 cm³/mol. The highest BCUT2D eigenvalue weighted by atomic mass is 35.5. The van der Waals surface area contributed by atoms with Crippen LogP contribution in [-0.2, 0) is 6.54 Å². The molecule has 1 unspecified atom stereocenters. The predicted octanol–water partition coefficient (Wildman–Crippen LogP) is 1.71. The van der Waals surface area contributed by atoms with E-state index in [1.165, 1.54) is 0 Å². The second-order valence-electron chi connectivity index (χ2n) is 6.15. The quantitative estimate of drug-likeness (QED) is 0.916. The fraction of sp³-hybridized carbons (Fsp3) is 0.571. The van der Waals surface area contributed by atoms with E-state index in [0.717, 1.165) is 37.5 Å². The molecule has 1 aliphatic rings. The monoisotopic (exact) mass is 295 g/mol. The first-order valence-corrected chi connectivity index (χ1v) is 6.81. The Morgan fingerprint density at radius 1 is 1.45 bits per heavy atom. The Morgan fingerprint density at radius 2 is 2.25 bits per heavy atom. The van der Waals surface area contributed by atoms with Gasteiger partial charge in [-0.1, -0.05) is 13.8 Å². The number of nitrogens with zero attached hydrogens (tertiary/aromatic N) is 4. The van der Waals surface area contributed by atoms with Gasteiger partial charge in [-0.05, 0) is 17.9 Å². The molecule has 2 aromatic heterocycles. The number of nitrogens with two attached hydrogens (primary N) is 1. The van der Waals surface area contributed by atoms with E-state index in [9.17, 15) is 0 Å². The van der Waals surface area contributed by atoms with Crippen LogP contribution < -0.4 is 5.73 Å². The van der Waals surface area contributed by atoms with Crippen LogP contribution in [0, 0.1) is 5.41 Å². The first-order valence-electron chi connectivity index (χ1n) is 6.81. The normalized spacial score (nSPS) is 22.6. The molecule has 0 amide bonds. The molecule has 6 heteroatoms. The summed E-state index contributed by atoms with van der Waals surface area (Å²) in [5.41, 5.74) is 7.42. The zero-order chi connectivity index (χ0) is 13.5. The van der Waals surface area contributed by atoms with Crippen LogP contribution in [0.4, 0.5) is 0 Å². The Balaban J connectivity index is 0.00000147.